The summed E-state index contributed by atoms with van der Waals surface area (Å²) in [6.45, 7) is 5.77. The highest BCUT2D eigenvalue weighted by molar-refractivity contribution is 8.00. The summed E-state index contributed by atoms with van der Waals surface area (Å²) in [5.41, 5.74) is 0.372. The lowest BCUT2D eigenvalue weighted by atomic mass is 10.2. The van der Waals surface area contributed by atoms with Crippen LogP contribution in [0.15, 0.2) is 41.7 Å². The van der Waals surface area contributed by atoms with Crippen molar-refractivity contribution >= 4 is 23.5 Å². The number of amides is 1. The van der Waals surface area contributed by atoms with Crippen molar-refractivity contribution in [1.82, 2.24) is 24.5 Å². The lowest BCUT2D eigenvalue weighted by Crippen LogP contribution is -2.25. The molecular formula is C18H21FN6OS. The fourth-order valence-corrected chi connectivity index (χ4v) is 3.37. The molecule has 7 nitrogen and oxygen atoms in total. The Bertz CT molecular complexity index is 951. The molecule has 1 atom stereocenters. The smallest absolute Gasteiger partial charge is 0.238 e. The van der Waals surface area contributed by atoms with Crippen LogP contribution < -0.4 is 5.32 Å². The highest BCUT2D eigenvalue weighted by atomic mass is 32.2. The number of benzene rings is 1. The lowest BCUT2D eigenvalue weighted by Gasteiger charge is -2.14. The second-order valence-electron chi connectivity index (χ2n) is 6.35. The summed E-state index contributed by atoms with van der Waals surface area (Å²) < 4.78 is 17.4. The first-order chi connectivity index (χ1) is 12.9. The molecule has 0 aliphatic heterocycles. The summed E-state index contributed by atoms with van der Waals surface area (Å²) in [7, 11) is 1.75. The molecule has 2 aromatic heterocycles. The van der Waals surface area contributed by atoms with E-state index in [2.05, 4.69) is 20.6 Å². The van der Waals surface area contributed by atoms with E-state index in [9.17, 15) is 9.18 Å². The molecule has 27 heavy (non-hydrogen) atoms. The topological polar surface area (TPSA) is 77.6 Å². The first-order valence-corrected chi connectivity index (χ1v) is 9.41. The van der Waals surface area contributed by atoms with Crippen molar-refractivity contribution in [3.05, 3.63) is 42.3 Å². The molecule has 1 N–H and O–H groups in total. The largest absolute Gasteiger partial charge is 0.310 e. The summed E-state index contributed by atoms with van der Waals surface area (Å²) in [4.78, 5) is 12.5. The molecule has 0 aliphatic rings. The number of thioether (sulfide) groups is 1. The van der Waals surface area contributed by atoms with Crippen molar-refractivity contribution in [2.24, 2.45) is 7.05 Å². The van der Waals surface area contributed by atoms with Crippen molar-refractivity contribution in [2.45, 2.75) is 37.2 Å². The summed E-state index contributed by atoms with van der Waals surface area (Å²) in [6, 6.07) is 8.29. The van der Waals surface area contributed by atoms with Gasteiger partial charge >= 0.3 is 0 Å². The van der Waals surface area contributed by atoms with Crippen molar-refractivity contribution in [3.8, 4) is 11.4 Å². The Hall–Kier alpha value is -2.68. The summed E-state index contributed by atoms with van der Waals surface area (Å²) >= 11 is 1.26. The molecule has 2 heterocycles. The Morgan fingerprint density at radius 3 is 2.63 bits per heavy atom. The average molecular weight is 388 g/mol. The molecular weight excluding hydrogens is 367 g/mol. The number of carbonyl (C=O) groups excluding carboxylic acids is 1. The van der Waals surface area contributed by atoms with Crippen molar-refractivity contribution < 1.29 is 9.18 Å². The van der Waals surface area contributed by atoms with Crippen LogP contribution >= 0.6 is 11.8 Å². The number of anilines is 1. The van der Waals surface area contributed by atoms with E-state index in [0.29, 0.717) is 22.4 Å². The molecule has 0 radical (unpaired) electrons. The van der Waals surface area contributed by atoms with Gasteiger partial charge in [-0.15, -0.1) is 10.2 Å². The second kappa shape index (κ2) is 7.91. The van der Waals surface area contributed by atoms with Gasteiger partial charge in [0.05, 0.1) is 17.0 Å². The molecule has 0 spiro atoms. The molecule has 3 rings (SSSR count). The fraction of sp³-hybridized carbons (Fsp3) is 0.333. The number of rotatable bonds is 6. The summed E-state index contributed by atoms with van der Waals surface area (Å²) in [5.74, 6) is 0.531. The standard InChI is InChI=1S/C18H21FN6OS/c1-11(2)25-15(9-10-20-25)21-17(26)12(3)27-18-23-22-16(24(18)4)13-7-5-6-8-14(13)19/h5-12H,1-4H3,(H,21,26). The Balaban J connectivity index is 1.73. The highest BCUT2D eigenvalue weighted by Crippen LogP contribution is 2.27. The van der Waals surface area contributed by atoms with Gasteiger partial charge in [-0.25, -0.2) is 9.07 Å². The molecule has 3 aromatic rings. The van der Waals surface area contributed by atoms with Crippen LogP contribution in [-0.4, -0.2) is 35.7 Å². The van der Waals surface area contributed by atoms with Crippen LogP contribution in [0.1, 0.15) is 26.8 Å². The van der Waals surface area contributed by atoms with Gasteiger partial charge in [0.2, 0.25) is 5.91 Å². The van der Waals surface area contributed by atoms with Gasteiger partial charge < -0.3 is 9.88 Å². The van der Waals surface area contributed by atoms with Gasteiger partial charge in [-0.1, -0.05) is 23.9 Å². The third-order valence-corrected chi connectivity index (χ3v) is 5.15. The predicted molar refractivity (Wildman–Crippen MR) is 103 cm³/mol. The van der Waals surface area contributed by atoms with E-state index in [1.807, 2.05) is 13.8 Å². The van der Waals surface area contributed by atoms with E-state index >= 15 is 0 Å². The van der Waals surface area contributed by atoms with E-state index in [4.69, 9.17) is 0 Å². The molecule has 0 aliphatic carbocycles. The van der Waals surface area contributed by atoms with Gasteiger partial charge in [0, 0.05) is 19.2 Å². The molecule has 1 unspecified atom stereocenters. The van der Waals surface area contributed by atoms with Gasteiger partial charge in [0.15, 0.2) is 11.0 Å². The number of halogens is 1. The van der Waals surface area contributed by atoms with E-state index in [1.165, 1.54) is 17.8 Å². The van der Waals surface area contributed by atoms with Crippen LogP contribution in [0.2, 0.25) is 0 Å². The maximum Gasteiger partial charge on any atom is 0.238 e. The molecule has 0 bridgehead atoms. The van der Waals surface area contributed by atoms with Gasteiger partial charge in [0.1, 0.15) is 11.6 Å². The minimum Gasteiger partial charge on any atom is -0.310 e. The Labute approximate surface area is 161 Å². The van der Waals surface area contributed by atoms with Crippen molar-refractivity contribution in [1.29, 1.82) is 0 Å². The average Bonchev–Trinajstić information content (AvgIpc) is 3.23. The maximum atomic E-state index is 14.0. The quantitative estimate of drug-likeness (QED) is 0.654. The zero-order chi connectivity index (χ0) is 19.6. The van der Waals surface area contributed by atoms with Crippen molar-refractivity contribution in [3.63, 3.8) is 0 Å². The van der Waals surface area contributed by atoms with Crippen LogP contribution in [0.3, 0.4) is 0 Å². The summed E-state index contributed by atoms with van der Waals surface area (Å²) in [5, 5.41) is 15.4. The highest BCUT2D eigenvalue weighted by Gasteiger charge is 2.21. The lowest BCUT2D eigenvalue weighted by molar-refractivity contribution is -0.115. The van der Waals surface area contributed by atoms with Gasteiger partial charge in [-0.3, -0.25) is 4.79 Å². The predicted octanol–water partition coefficient (Wildman–Crippen LogP) is 3.52. The second-order valence-corrected chi connectivity index (χ2v) is 7.66. The molecule has 1 aromatic carbocycles. The fourth-order valence-electron chi connectivity index (χ4n) is 2.56. The van der Waals surface area contributed by atoms with Crippen LogP contribution in [0.5, 0.6) is 0 Å². The van der Waals surface area contributed by atoms with Crippen LogP contribution in [0.25, 0.3) is 11.4 Å². The monoisotopic (exact) mass is 388 g/mol. The minimum atomic E-state index is -0.420. The normalized spacial score (nSPS) is 12.4. The number of nitrogens with one attached hydrogen (secondary N) is 1. The Morgan fingerprint density at radius 2 is 1.93 bits per heavy atom. The van der Waals surface area contributed by atoms with Gasteiger partial charge in [-0.2, -0.15) is 5.10 Å². The number of hydrogen-bond acceptors (Lipinski definition) is 5. The number of aromatic nitrogens is 5. The Morgan fingerprint density at radius 1 is 1.19 bits per heavy atom. The van der Waals surface area contributed by atoms with E-state index in [1.54, 1.807) is 53.7 Å². The minimum absolute atomic E-state index is 0.139. The van der Waals surface area contributed by atoms with Crippen LogP contribution in [0, 0.1) is 5.82 Å². The number of hydrogen-bond donors (Lipinski definition) is 1. The number of carbonyl (C=O) groups is 1. The zero-order valence-corrected chi connectivity index (χ0v) is 16.4. The van der Waals surface area contributed by atoms with Crippen LogP contribution in [-0.2, 0) is 11.8 Å². The SMILES string of the molecule is CC(Sc1nnc(-c2ccccc2F)n1C)C(=O)Nc1ccnn1C(C)C. The Kier molecular flexibility index (Phi) is 5.59. The first kappa shape index (κ1) is 19.1. The molecule has 142 valence electrons. The first-order valence-electron chi connectivity index (χ1n) is 8.53. The van der Waals surface area contributed by atoms with Gasteiger partial charge in [0.25, 0.3) is 0 Å². The summed E-state index contributed by atoms with van der Waals surface area (Å²) in [6.07, 6.45) is 1.65. The number of nitrogens with zero attached hydrogens (tertiary/aromatic N) is 5. The zero-order valence-electron chi connectivity index (χ0n) is 15.5. The van der Waals surface area contributed by atoms with Crippen LogP contribution in [0.4, 0.5) is 10.2 Å². The molecule has 9 heteroatoms. The molecule has 0 saturated carbocycles. The van der Waals surface area contributed by atoms with Gasteiger partial charge in [-0.05, 0) is 32.9 Å². The van der Waals surface area contributed by atoms with E-state index < -0.39 is 5.25 Å². The maximum absolute atomic E-state index is 14.0. The van der Waals surface area contributed by atoms with Crippen molar-refractivity contribution in [2.75, 3.05) is 5.32 Å². The third kappa shape index (κ3) is 4.02. The third-order valence-electron chi connectivity index (χ3n) is 4.01. The van der Waals surface area contributed by atoms with E-state index in [0.717, 1.165) is 0 Å². The molecule has 1 amide bonds. The molecule has 0 saturated heterocycles. The van der Waals surface area contributed by atoms with E-state index in [-0.39, 0.29) is 17.8 Å². The molecule has 0 fully saturated rings.